The summed E-state index contributed by atoms with van der Waals surface area (Å²) in [5.41, 5.74) is 2.84. The van der Waals surface area contributed by atoms with Crippen LogP contribution >= 0.6 is 0 Å². The van der Waals surface area contributed by atoms with Crippen molar-refractivity contribution in [3.8, 4) is 0 Å². The Hall–Kier alpha value is -0.870. The predicted molar refractivity (Wildman–Crippen MR) is 82.4 cm³/mol. The molecule has 1 saturated carbocycles. The Kier molecular flexibility index (Phi) is 3.99. The first-order valence-corrected chi connectivity index (χ1v) is 8.78. The SMILES string of the molecule is C1CCC(c2nc3c(n2CC2CCOC2)CCNC3)CC1. The number of nitrogens with zero attached hydrogens (tertiary/aromatic N) is 2. The van der Waals surface area contributed by atoms with Gasteiger partial charge in [-0.25, -0.2) is 4.98 Å². The third-order valence-electron chi connectivity index (χ3n) is 5.45. The molecule has 0 spiro atoms. The fourth-order valence-electron chi connectivity index (χ4n) is 4.25. The molecular formula is C17H27N3O. The zero-order valence-corrected chi connectivity index (χ0v) is 12.9. The van der Waals surface area contributed by atoms with Gasteiger partial charge >= 0.3 is 0 Å². The summed E-state index contributed by atoms with van der Waals surface area (Å²) < 4.78 is 8.19. The van der Waals surface area contributed by atoms with Crippen LogP contribution in [0.5, 0.6) is 0 Å². The summed E-state index contributed by atoms with van der Waals surface area (Å²) in [6.45, 7) is 5.08. The van der Waals surface area contributed by atoms with Crippen LogP contribution < -0.4 is 5.32 Å². The number of hydrogen-bond acceptors (Lipinski definition) is 3. The number of nitrogens with one attached hydrogen (secondary N) is 1. The summed E-state index contributed by atoms with van der Waals surface area (Å²) in [6.07, 6.45) is 9.21. The van der Waals surface area contributed by atoms with Gasteiger partial charge in [-0.1, -0.05) is 19.3 Å². The van der Waals surface area contributed by atoms with E-state index in [4.69, 9.17) is 9.72 Å². The highest BCUT2D eigenvalue weighted by atomic mass is 16.5. The van der Waals surface area contributed by atoms with Gasteiger partial charge in [-0.2, -0.15) is 0 Å². The molecule has 0 amide bonds. The Bertz CT molecular complexity index is 484. The average Bonchev–Trinajstić information content (AvgIpc) is 3.17. The molecule has 1 saturated heterocycles. The van der Waals surface area contributed by atoms with Gasteiger partial charge in [-0.3, -0.25) is 0 Å². The third kappa shape index (κ3) is 2.76. The summed E-state index contributed by atoms with van der Waals surface area (Å²) >= 11 is 0. The van der Waals surface area contributed by atoms with Crippen molar-refractivity contribution in [3.63, 3.8) is 0 Å². The molecular weight excluding hydrogens is 262 g/mol. The van der Waals surface area contributed by atoms with E-state index in [0.717, 1.165) is 39.3 Å². The van der Waals surface area contributed by atoms with E-state index in [0.29, 0.717) is 11.8 Å². The van der Waals surface area contributed by atoms with Gasteiger partial charge in [0.15, 0.2) is 0 Å². The van der Waals surface area contributed by atoms with Crippen molar-refractivity contribution < 1.29 is 4.74 Å². The van der Waals surface area contributed by atoms with Crippen molar-refractivity contribution in [3.05, 3.63) is 17.2 Å². The first kappa shape index (κ1) is 13.8. The van der Waals surface area contributed by atoms with Crippen molar-refractivity contribution in [2.75, 3.05) is 19.8 Å². The van der Waals surface area contributed by atoms with Crippen LogP contribution in [0.4, 0.5) is 0 Å². The zero-order chi connectivity index (χ0) is 14.1. The highest BCUT2D eigenvalue weighted by Gasteiger charge is 2.28. The largest absolute Gasteiger partial charge is 0.381 e. The van der Waals surface area contributed by atoms with E-state index in [9.17, 15) is 0 Å². The van der Waals surface area contributed by atoms with Crippen molar-refractivity contribution in [1.29, 1.82) is 0 Å². The van der Waals surface area contributed by atoms with Gasteiger partial charge in [-0.15, -0.1) is 0 Å². The molecule has 1 unspecified atom stereocenters. The average molecular weight is 289 g/mol. The van der Waals surface area contributed by atoms with Crippen molar-refractivity contribution in [2.24, 2.45) is 5.92 Å². The molecule has 3 heterocycles. The van der Waals surface area contributed by atoms with E-state index in [1.807, 2.05) is 0 Å². The molecule has 1 aliphatic carbocycles. The summed E-state index contributed by atoms with van der Waals surface area (Å²) in [5.74, 6) is 2.79. The molecule has 0 radical (unpaired) electrons. The maximum atomic E-state index is 5.59. The Morgan fingerprint density at radius 2 is 2.10 bits per heavy atom. The second kappa shape index (κ2) is 6.09. The van der Waals surface area contributed by atoms with Crippen LogP contribution in [0.1, 0.15) is 61.7 Å². The van der Waals surface area contributed by atoms with Gasteiger partial charge in [0.1, 0.15) is 5.82 Å². The fraction of sp³-hybridized carbons (Fsp3) is 0.824. The molecule has 1 N–H and O–H groups in total. The number of imidazole rings is 1. The smallest absolute Gasteiger partial charge is 0.112 e. The lowest BCUT2D eigenvalue weighted by Gasteiger charge is -2.24. The molecule has 116 valence electrons. The lowest BCUT2D eigenvalue weighted by molar-refractivity contribution is 0.181. The van der Waals surface area contributed by atoms with Crippen molar-refractivity contribution in [2.45, 2.75) is 64.0 Å². The van der Waals surface area contributed by atoms with Gasteiger partial charge in [-0.05, 0) is 19.3 Å². The molecule has 3 aliphatic rings. The molecule has 4 rings (SSSR count). The molecule has 1 aromatic heterocycles. The third-order valence-corrected chi connectivity index (χ3v) is 5.45. The molecule has 21 heavy (non-hydrogen) atoms. The van der Waals surface area contributed by atoms with Crippen LogP contribution in [0.25, 0.3) is 0 Å². The Morgan fingerprint density at radius 3 is 2.90 bits per heavy atom. The number of ether oxygens (including phenoxy) is 1. The molecule has 1 atom stereocenters. The number of hydrogen-bond donors (Lipinski definition) is 1. The minimum Gasteiger partial charge on any atom is -0.381 e. The fourth-order valence-corrected chi connectivity index (χ4v) is 4.25. The van der Waals surface area contributed by atoms with E-state index in [-0.39, 0.29) is 0 Å². The van der Waals surface area contributed by atoms with Crippen LogP contribution in [0.3, 0.4) is 0 Å². The summed E-state index contributed by atoms with van der Waals surface area (Å²) in [4.78, 5) is 5.08. The minimum atomic E-state index is 0.695. The quantitative estimate of drug-likeness (QED) is 0.929. The first-order valence-electron chi connectivity index (χ1n) is 8.78. The second-order valence-electron chi connectivity index (χ2n) is 6.97. The monoisotopic (exact) mass is 289 g/mol. The van der Waals surface area contributed by atoms with Crippen LogP contribution in [-0.4, -0.2) is 29.3 Å². The van der Waals surface area contributed by atoms with E-state index < -0.39 is 0 Å². The number of aromatic nitrogens is 2. The van der Waals surface area contributed by atoms with E-state index >= 15 is 0 Å². The van der Waals surface area contributed by atoms with Crippen molar-refractivity contribution in [1.82, 2.24) is 14.9 Å². The Morgan fingerprint density at radius 1 is 1.19 bits per heavy atom. The summed E-state index contributed by atoms with van der Waals surface area (Å²) in [6, 6.07) is 0. The van der Waals surface area contributed by atoms with Crippen LogP contribution in [0, 0.1) is 5.92 Å². The second-order valence-corrected chi connectivity index (χ2v) is 6.97. The number of fused-ring (bicyclic) bond motifs is 1. The lowest BCUT2D eigenvalue weighted by Crippen LogP contribution is -2.26. The zero-order valence-electron chi connectivity index (χ0n) is 12.9. The highest BCUT2D eigenvalue weighted by molar-refractivity contribution is 5.22. The summed E-state index contributed by atoms with van der Waals surface area (Å²) in [5, 5.41) is 3.48. The lowest BCUT2D eigenvalue weighted by atomic mass is 9.88. The topological polar surface area (TPSA) is 39.1 Å². The van der Waals surface area contributed by atoms with Gasteiger partial charge in [0.05, 0.1) is 12.3 Å². The van der Waals surface area contributed by atoms with Crippen LogP contribution in [0.15, 0.2) is 0 Å². The predicted octanol–water partition coefficient (Wildman–Crippen LogP) is 2.61. The van der Waals surface area contributed by atoms with Gasteiger partial charge in [0.2, 0.25) is 0 Å². The number of rotatable bonds is 3. The van der Waals surface area contributed by atoms with E-state index in [1.165, 1.54) is 55.7 Å². The van der Waals surface area contributed by atoms with Gasteiger partial charge < -0.3 is 14.6 Å². The van der Waals surface area contributed by atoms with E-state index in [1.54, 1.807) is 0 Å². The molecule has 4 heteroatoms. The maximum absolute atomic E-state index is 5.59. The van der Waals surface area contributed by atoms with Crippen LogP contribution in [-0.2, 0) is 24.2 Å². The molecule has 4 nitrogen and oxygen atoms in total. The van der Waals surface area contributed by atoms with E-state index in [2.05, 4.69) is 9.88 Å². The molecule has 2 fully saturated rings. The minimum absolute atomic E-state index is 0.695. The van der Waals surface area contributed by atoms with Crippen LogP contribution in [0.2, 0.25) is 0 Å². The standard InChI is InChI=1S/C17H27N3O/c1-2-4-14(5-3-1)17-19-15-10-18-8-6-16(15)20(17)11-13-7-9-21-12-13/h13-14,18H,1-12H2. The normalized spacial score (nSPS) is 27.0. The van der Waals surface area contributed by atoms with Gasteiger partial charge in [0, 0.05) is 50.2 Å². The molecule has 0 bridgehead atoms. The maximum Gasteiger partial charge on any atom is 0.112 e. The summed E-state index contributed by atoms with van der Waals surface area (Å²) in [7, 11) is 0. The Labute approximate surface area is 127 Å². The highest BCUT2D eigenvalue weighted by Crippen LogP contribution is 2.34. The Balaban J connectivity index is 1.64. The molecule has 1 aromatic rings. The van der Waals surface area contributed by atoms with Gasteiger partial charge in [0.25, 0.3) is 0 Å². The van der Waals surface area contributed by atoms with Crippen molar-refractivity contribution >= 4 is 0 Å². The molecule has 0 aromatic carbocycles. The first-order chi connectivity index (χ1) is 10.4. The molecule has 2 aliphatic heterocycles.